The summed E-state index contributed by atoms with van der Waals surface area (Å²) >= 11 is 0. The fourth-order valence-electron chi connectivity index (χ4n) is 2.17. The summed E-state index contributed by atoms with van der Waals surface area (Å²) in [6.07, 6.45) is 0. The Bertz CT molecular complexity index is 453. The van der Waals surface area contributed by atoms with Crippen LogP contribution in [0.15, 0.2) is 18.2 Å². The third kappa shape index (κ3) is 1.10. The van der Waals surface area contributed by atoms with Crippen molar-refractivity contribution in [2.24, 2.45) is 0 Å². The van der Waals surface area contributed by atoms with Crippen LogP contribution in [-0.4, -0.2) is 26.2 Å². The lowest BCUT2D eigenvalue weighted by atomic mass is 10.1. The molecule has 1 aromatic rings. The third-order valence-corrected chi connectivity index (χ3v) is 2.83. The Morgan fingerprint density at radius 3 is 2.81 bits per heavy atom. The molecule has 2 N–H and O–H groups in total. The van der Waals surface area contributed by atoms with Gasteiger partial charge in [0.15, 0.2) is 0 Å². The summed E-state index contributed by atoms with van der Waals surface area (Å²) < 4.78 is 16.5. The largest absolute Gasteiger partial charge is 0.496 e. The van der Waals surface area contributed by atoms with Crippen LogP contribution in [0.3, 0.4) is 0 Å². The fourth-order valence-corrected chi connectivity index (χ4v) is 2.17. The number of amidine groups is 1. The highest BCUT2D eigenvalue weighted by Gasteiger charge is 2.49. The van der Waals surface area contributed by atoms with E-state index in [0.717, 1.165) is 11.1 Å². The van der Waals surface area contributed by atoms with E-state index in [-0.39, 0.29) is 0 Å². The monoisotopic (exact) mass is 220 g/mol. The van der Waals surface area contributed by atoms with Crippen molar-refractivity contribution in [3.8, 4) is 5.75 Å². The van der Waals surface area contributed by atoms with E-state index in [0.29, 0.717) is 24.8 Å². The molecule has 1 fully saturated rings. The molecule has 2 aliphatic heterocycles. The van der Waals surface area contributed by atoms with Gasteiger partial charge in [-0.3, -0.25) is 5.41 Å². The number of benzene rings is 1. The van der Waals surface area contributed by atoms with E-state index >= 15 is 0 Å². The van der Waals surface area contributed by atoms with E-state index in [4.69, 9.17) is 19.6 Å². The van der Waals surface area contributed by atoms with E-state index in [2.05, 4.69) is 5.32 Å². The van der Waals surface area contributed by atoms with Crippen LogP contribution < -0.4 is 10.1 Å². The molecule has 1 saturated heterocycles. The van der Waals surface area contributed by atoms with E-state index in [9.17, 15) is 0 Å². The van der Waals surface area contributed by atoms with Crippen LogP contribution in [0.25, 0.3) is 0 Å². The van der Waals surface area contributed by atoms with Crippen LogP contribution in [0.4, 0.5) is 0 Å². The van der Waals surface area contributed by atoms with Gasteiger partial charge in [-0.2, -0.15) is 0 Å². The van der Waals surface area contributed by atoms with Crippen LogP contribution in [0.1, 0.15) is 11.1 Å². The molecule has 1 spiro atoms. The molecule has 5 heteroatoms. The highest BCUT2D eigenvalue weighted by molar-refractivity contribution is 6.02. The van der Waals surface area contributed by atoms with Crippen molar-refractivity contribution in [1.82, 2.24) is 5.32 Å². The lowest BCUT2D eigenvalue weighted by Gasteiger charge is -2.24. The molecule has 84 valence electrons. The molecule has 0 radical (unpaired) electrons. The standard InChI is InChI=1S/C11H12N2O3/c1-14-8-4-2-3-7-9(8)11(13-10(7)12)15-5-6-16-11/h2-4H,5-6H2,1H3,(H2,12,13). The maximum Gasteiger partial charge on any atom is 0.283 e. The molecule has 1 aromatic carbocycles. The van der Waals surface area contributed by atoms with Gasteiger partial charge in [-0.15, -0.1) is 0 Å². The Morgan fingerprint density at radius 1 is 1.38 bits per heavy atom. The molecule has 0 amide bonds. The summed E-state index contributed by atoms with van der Waals surface area (Å²) in [5, 5.41) is 10.8. The number of rotatable bonds is 1. The van der Waals surface area contributed by atoms with Gasteiger partial charge in [0.05, 0.1) is 25.9 Å². The number of nitrogens with one attached hydrogen (secondary N) is 2. The summed E-state index contributed by atoms with van der Waals surface area (Å²) in [5.41, 5.74) is 1.53. The minimum Gasteiger partial charge on any atom is -0.496 e. The minimum absolute atomic E-state index is 0.302. The van der Waals surface area contributed by atoms with Gasteiger partial charge >= 0.3 is 0 Å². The lowest BCUT2D eigenvalue weighted by molar-refractivity contribution is -0.174. The van der Waals surface area contributed by atoms with Gasteiger partial charge in [0.2, 0.25) is 0 Å². The van der Waals surface area contributed by atoms with Crippen LogP contribution >= 0.6 is 0 Å². The summed E-state index contributed by atoms with van der Waals surface area (Å²) in [6.45, 7) is 1.02. The Labute approximate surface area is 92.8 Å². The fraction of sp³-hybridized carbons (Fsp3) is 0.364. The maximum atomic E-state index is 7.87. The quantitative estimate of drug-likeness (QED) is 0.734. The predicted octanol–water partition coefficient (Wildman–Crippen LogP) is 0.781. The Hall–Kier alpha value is -1.59. The van der Waals surface area contributed by atoms with Crippen molar-refractivity contribution in [1.29, 1.82) is 5.41 Å². The van der Waals surface area contributed by atoms with Crippen molar-refractivity contribution < 1.29 is 14.2 Å². The summed E-state index contributed by atoms with van der Waals surface area (Å²) in [5.74, 6) is -0.0381. The van der Waals surface area contributed by atoms with Gasteiger partial charge in [0.1, 0.15) is 11.6 Å². The average molecular weight is 220 g/mol. The molecule has 0 unspecified atom stereocenters. The summed E-state index contributed by atoms with van der Waals surface area (Å²) in [7, 11) is 1.60. The first-order valence-electron chi connectivity index (χ1n) is 5.09. The van der Waals surface area contributed by atoms with Gasteiger partial charge in [0.25, 0.3) is 5.91 Å². The first-order chi connectivity index (χ1) is 7.77. The van der Waals surface area contributed by atoms with Gasteiger partial charge in [-0.1, -0.05) is 12.1 Å². The van der Waals surface area contributed by atoms with E-state index in [1.54, 1.807) is 7.11 Å². The second-order valence-electron chi connectivity index (χ2n) is 3.70. The molecule has 2 aliphatic rings. The zero-order chi connectivity index (χ0) is 11.2. The summed E-state index contributed by atoms with van der Waals surface area (Å²) in [6, 6.07) is 5.54. The molecule has 0 atom stereocenters. The predicted molar refractivity (Wildman–Crippen MR) is 56.5 cm³/mol. The van der Waals surface area contributed by atoms with Crippen LogP contribution in [-0.2, 0) is 15.4 Å². The molecule has 3 rings (SSSR count). The van der Waals surface area contributed by atoms with E-state index in [1.807, 2.05) is 18.2 Å². The highest BCUT2D eigenvalue weighted by Crippen LogP contribution is 2.41. The van der Waals surface area contributed by atoms with E-state index < -0.39 is 5.91 Å². The molecule has 5 nitrogen and oxygen atoms in total. The number of fused-ring (bicyclic) bond motifs is 2. The Kier molecular flexibility index (Phi) is 1.92. The molecule has 0 saturated carbocycles. The number of hydrogen-bond donors (Lipinski definition) is 2. The number of methoxy groups -OCH3 is 1. The first kappa shape index (κ1) is 9.62. The van der Waals surface area contributed by atoms with Crippen LogP contribution in [0, 0.1) is 5.41 Å². The van der Waals surface area contributed by atoms with Crippen molar-refractivity contribution in [2.45, 2.75) is 5.91 Å². The second kappa shape index (κ2) is 3.20. The third-order valence-electron chi connectivity index (χ3n) is 2.83. The molecule has 0 aliphatic carbocycles. The van der Waals surface area contributed by atoms with Crippen LogP contribution in [0.2, 0.25) is 0 Å². The molecule has 2 heterocycles. The number of hydrogen-bond acceptors (Lipinski definition) is 4. The second-order valence-corrected chi connectivity index (χ2v) is 3.70. The van der Waals surface area contributed by atoms with Crippen LogP contribution in [0.5, 0.6) is 5.75 Å². The topological polar surface area (TPSA) is 63.6 Å². The van der Waals surface area contributed by atoms with Gasteiger partial charge in [-0.05, 0) is 6.07 Å². The van der Waals surface area contributed by atoms with Crippen molar-refractivity contribution in [3.63, 3.8) is 0 Å². The highest BCUT2D eigenvalue weighted by atomic mass is 16.8. The minimum atomic E-state index is -1.01. The SMILES string of the molecule is COc1cccc2c1C1(NC2=N)OCCO1. The van der Waals surface area contributed by atoms with Gasteiger partial charge in [0, 0.05) is 5.56 Å². The molecular weight excluding hydrogens is 208 g/mol. The van der Waals surface area contributed by atoms with E-state index in [1.165, 1.54) is 0 Å². The maximum absolute atomic E-state index is 7.87. The average Bonchev–Trinajstić information content (AvgIpc) is 2.87. The molecule has 0 aromatic heterocycles. The van der Waals surface area contributed by atoms with Crippen molar-refractivity contribution >= 4 is 5.84 Å². The number of ether oxygens (including phenoxy) is 3. The zero-order valence-corrected chi connectivity index (χ0v) is 8.87. The smallest absolute Gasteiger partial charge is 0.283 e. The lowest BCUT2D eigenvalue weighted by Crippen LogP contribution is -2.40. The summed E-state index contributed by atoms with van der Waals surface area (Å²) in [4.78, 5) is 0. The molecule has 0 bridgehead atoms. The van der Waals surface area contributed by atoms with Gasteiger partial charge < -0.3 is 19.5 Å². The normalized spacial score (nSPS) is 20.9. The van der Waals surface area contributed by atoms with Crippen molar-refractivity contribution in [3.05, 3.63) is 29.3 Å². The Morgan fingerprint density at radius 2 is 2.12 bits per heavy atom. The first-order valence-corrected chi connectivity index (χ1v) is 5.09. The Balaban J connectivity index is 2.22. The molecule has 16 heavy (non-hydrogen) atoms. The van der Waals surface area contributed by atoms with Gasteiger partial charge in [-0.25, -0.2) is 0 Å². The zero-order valence-electron chi connectivity index (χ0n) is 8.87. The molecular formula is C11H12N2O3. The van der Waals surface area contributed by atoms with Crippen molar-refractivity contribution in [2.75, 3.05) is 20.3 Å².